The molecule has 0 fully saturated rings. The van der Waals surface area contributed by atoms with Crippen molar-refractivity contribution in [2.24, 2.45) is 4.99 Å². The quantitative estimate of drug-likeness (QED) is 0.500. The Bertz CT molecular complexity index is 409. The summed E-state index contributed by atoms with van der Waals surface area (Å²) in [4.78, 5) is 4.20. The van der Waals surface area contributed by atoms with Gasteiger partial charge in [0.1, 0.15) is 0 Å². The molecule has 1 aliphatic rings. The van der Waals surface area contributed by atoms with Crippen LogP contribution < -0.4 is 21.2 Å². The number of fused-ring (bicyclic) bond motifs is 1. The highest BCUT2D eigenvalue weighted by Gasteiger charge is 2.00. The number of hydrogen-bond acceptors (Lipinski definition) is 3. The summed E-state index contributed by atoms with van der Waals surface area (Å²) in [7, 11) is 0. The lowest BCUT2D eigenvalue weighted by molar-refractivity contribution is 0.770. The maximum absolute atomic E-state index is 4.20. The fraction of sp³-hybridized carbons (Fsp3) is 0.300. The molecule has 0 aliphatic carbocycles. The highest BCUT2D eigenvalue weighted by Crippen LogP contribution is 1.97. The number of benzene rings is 1. The Morgan fingerprint density at radius 1 is 1.38 bits per heavy atom. The minimum Gasteiger partial charge on any atom is -0.371 e. The molecule has 0 saturated carbocycles. The van der Waals surface area contributed by atoms with Crippen molar-refractivity contribution in [1.29, 1.82) is 0 Å². The standard InChI is InChI=1S/C10H13N3/c1-2-11-7-13-9-5-3-4-8-6-12-10(8)9/h3-6,11,13H,2,7H2,1H3. The Kier molecular flexibility index (Phi) is 2.27. The lowest BCUT2D eigenvalue weighted by atomic mass is 10.2. The van der Waals surface area contributed by atoms with Gasteiger partial charge >= 0.3 is 0 Å². The van der Waals surface area contributed by atoms with Crippen LogP contribution in [0.2, 0.25) is 0 Å². The third kappa shape index (κ3) is 1.55. The summed E-state index contributed by atoms with van der Waals surface area (Å²) in [5.41, 5.74) is 1.11. The maximum Gasteiger partial charge on any atom is 0.0949 e. The zero-order valence-electron chi connectivity index (χ0n) is 7.67. The molecule has 1 aromatic carbocycles. The van der Waals surface area contributed by atoms with E-state index in [-0.39, 0.29) is 0 Å². The summed E-state index contributed by atoms with van der Waals surface area (Å²) < 4.78 is 0. The number of rotatable bonds is 4. The van der Waals surface area contributed by atoms with Gasteiger partial charge in [0.2, 0.25) is 0 Å². The van der Waals surface area contributed by atoms with Crippen molar-refractivity contribution in [3.8, 4) is 0 Å². The normalized spacial score (nSPS) is 12.1. The van der Waals surface area contributed by atoms with Gasteiger partial charge < -0.3 is 10.6 Å². The molecule has 0 spiro atoms. The lowest BCUT2D eigenvalue weighted by Gasteiger charge is -2.09. The van der Waals surface area contributed by atoms with E-state index in [0.717, 1.165) is 24.3 Å². The first kappa shape index (κ1) is 8.26. The number of anilines is 1. The number of nitrogens with zero attached hydrogens (tertiary/aromatic N) is 1. The van der Waals surface area contributed by atoms with Crippen molar-refractivity contribution in [2.45, 2.75) is 6.92 Å². The predicted octanol–water partition coefficient (Wildman–Crippen LogP) is 0.0367. The molecule has 0 unspecified atom stereocenters. The van der Waals surface area contributed by atoms with E-state index in [2.05, 4.69) is 28.6 Å². The second kappa shape index (κ2) is 3.58. The summed E-state index contributed by atoms with van der Waals surface area (Å²) in [6.45, 7) is 3.86. The van der Waals surface area contributed by atoms with E-state index < -0.39 is 0 Å². The van der Waals surface area contributed by atoms with Crippen molar-refractivity contribution < 1.29 is 0 Å². The van der Waals surface area contributed by atoms with Crippen LogP contribution in [0, 0.1) is 0 Å². The van der Waals surface area contributed by atoms with E-state index >= 15 is 0 Å². The second-order valence-corrected chi connectivity index (χ2v) is 2.96. The molecule has 2 rings (SSSR count). The van der Waals surface area contributed by atoms with Gasteiger partial charge in [0.25, 0.3) is 0 Å². The highest BCUT2D eigenvalue weighted by molar-refractivity contribution is 5.48. The van der Waals surface area contributed by atoms with Crippen molar-refractivity contribution in [1.82, 2.24) is 5.32 Å². The van der Waals surface area contributed by atoms with Gasteiger partial charge in [-0.1, -0.05) is 19.1 Å². The molecule has 68 valence electrons. The molecule has 0 amide bonds. The molecule has 13 heavy (non-hydrogen) atoms. The van der Waals surface area contributed by atoms with E-state index in [9.17, 15) is 0 Å². The molecule has 3 heteroatoms. The van der Waals surface area contributed by atoms with Crippen LogP contribution in [-0.2, 0) is 0 Å². The van der Waals surface area contributed by atoms with Crippen LogP contribution in [0.5, 0.6) is 0 Å². The Morgan fingerprint density at radius 2 is 2.31 bits per heavy atom. The SMILES string of the molecule is CCNCNc1cccc2c1=NC=2. The molecule has 1 aliphatic heterocycles. The molecule has 3 nitrogen and oxygen atoms in total. The lowest BCUT2D eigenvalue weighted by Crippen LogP contribution is -2.35. The zero-order chi connectivity index (χ0) is 9.10. The molecule has 0 atom stereocenters. The second-order valence-electron chi connectivity index (χ2n) is 2.96. The molecule has 1 heterocycles. The van der Waals surface area contributed by atoms with Gasteiger partial charge in [-0.2, -0.15) is 0 Å². The van der Waals surface area contributed by atoms with Crippen molar-refractivity contribution >= 4 is 11.9 Å². The minimum absolute atomic E-state index is 0.794. The largest absolute Gasteiger partial charge is 0.371 e. The molecular formula is C10H13N3. The zero-order valence-corrected chi connectivity index (χ0v) is 7.67. The number of para-hydroxylation sites is 1. The first-order valence-electron chi connectivity index (χ1n) is 4.53. The van der Waals surface area contributed by atoms with E-state index in [1.165, 1.54) is 5.22 Å². The highest BCUT2D eigenvalue weighted by atomic mass is 15.1. The molecule has 0 saturated heterocycles. The molecule has 0 radical (unpaired) electrons. The third-order valence-corrected chi connectivity index (χ3v) is 2.05. The van der Waals surface area contributed by atoms with Crippen LogP contribution in [0.3, 0.4) is 0 Å². The topological polar surface area (TPSA) is 36.4 Å². The molecule has 0 aromatic heterocycles. The minimum atomic E-state index is 0.794. The first-order chi connectivity index (χ1) is 6.42. The fourth-order valence-corrected chi connectivity index (χ4v) is 1.30. The third-order valence-electron chi connectivity index (χ3n) is 2.05. The van der Waals surface area contributed by atoms with E-state index in [1.54, 1.807) is 0 Å². The summed E-state index contributed by atoms with van der Waals surface area (Å²) in [6.07, 6.45) is 1.88. The van der Waals surface area contributed by atoms with Crippen LogP contribution in [-0.4, -0.2) is 13.2 Å². The van der Waals surface area contributed by atoms with Crippen LogP contribution in [0.4, 0.5) is 5.69 Å². The summed E-state index contributed by atoms with van der Waals surface area (Å²) >= 11 is 0. The van der Waals surface area contributed by atoms with Crippen LogP contribution >= 0.6 is 0 Å². The molecular weight excluding hydrogens is 162 g/mol. The van der Waals surface area contributed by atoms with Gasteiger partial charge in [0.15, 0.2) is 0 Å². The van der Waals surface area contributed by atoms with Gasteiger partial charge in [-0.25, -0.2) is 0 Å². The molecule has 2 N–H and O–H groups in total. The maximum atomic E-state index is 4.20. The van der Waals surface area contributed by atoms with Crippen molar-refractivity contribution in [3.05, 3.63) is 28.8 Å². The Hall–Kier alpha value is -1.35. The summed E-state index contributed by atoms with van der Waals surface area (Å²) in [5, 5.41) is 8.79. The summed E-state index contributed by atoms with van der Waals surface area (Å²) in [6, 6.07) is 6.16. The van der Waals surface area contributed by atoms with Gasteiger partial charge in [0.05, 0.1) is 17.7 Å². The average molecular weight is 175 g/mol. The average Bonchev–Trinajstić information content (AvgIpc) is 2.08. The monoisotopic (exact) mass is 175 g/mol. The Balaban J connectivity index is 2.10. The van der Waals surface area contributed by atoms with E-state index in [0.29, 0.717) is 0 Å². The number of hydrogen-bond donors (Lipinski definition) is 2. The smallest absolute Gasteiger partial charge is 0.0949 e. The fourth-order valence-electron chi connectivity index (χ4n) is 1.30. The van der Waals surface area contributed by atoms with E-state index in [4.69, 9.17) is 0 Å². The predicted molar refractivity (Wildman–Crippen MR) is 53.9 cm³/mol. The Labute approximate surface area is 77.2 Å². The first-order valence-corrected chi connectivity index (χ1v) is 4.53. The van der Waals surface area contributed by atoms with Crippen LogP contribution in [0.1, 0.15) is 6.92 Å². The van der Waals surface area contributed by atoms with Gasteiger partial charge in [-0.3, -0.25) is 4.99 Å². The summed E-state index contributed by atoms with van der Waals surface area (Å²) in [5.74, 6) is 0. The number of nitrogens with one attached hydrogen (secondary N) is 2. The van der Waals surface area contributed by atoms with Crippen molar-refractivity contribution in [2.75, 3.05) is 18.5 Å². The van der Waals surface area contributed by atoms with Crippen molar-refractivity contribution in [3.63, 3.8) is 0 Å². The molecule has 1 aromatic rings. The van der Waals surface area contributed by atoms with E-state index in [1.807, 2.05) is 18.3 Å². The Morgan fingerprint density at radius 3 is 3.00 bits per heavy atom. The van der Waals surface area contributed by atoms with Gasteiger partial charge in [-0.05, 0) is 12.6 Å². The van der Waals surface area contributed by atoms with Crippen LogP contribution in [0.25, 0.3) is 6.20 Å². The molecule has 0 bridgehead atoms. The van der Waals surface area contributed by atoms with Gasteiger partial charge in [0, 0.05) is 11.4 Å². The van der Waals surface area contributed by atoms with Gasteiger partial charge in [-0.15, -0.1) is 0 Å². The van der Waals surface area contributed by atoms with Crippen LogP contribution in [0.15, 0.2) is 23.2 Å².